The maximum Gasteiger partial charge on any atom is 0.261 e. The Morgan fingerprint density at radius 2 is 2.08 bits per heavy atom. The van der Waals surface area contributed by atoms with Crippen LogP contribution in [0.3, 0.4) is 0 Å². The van der Waals surface area contributed by atoms with Gasteiger partial charge in [0.1, 0.15) is 11.6 Å². The number of fused-ring (bicyclic) bond motifs is 1. The Morgan fingerprint density at radius 3 is 2.88 bits per heavy atom. The summed E-state index contributed by atoms with van der Waals surface area (Å²) in [7, 11) is 0. The van der Waals surface area contributed by atoms with Gasteiger partial charge >= 0.3 is 0 Å². The van der Waals surface area contributed by atoms with E-state index in [0.717, 1.165) is 37.5 Å². The van der Waals surface area contributed by atoms with E-state index in [0.29, 0.717) is 18.7 Å². The van der Waals surface area contributed by atoms with Gasteiger partial charge in [0.2, 0.25) is 0 Å². The Hall–Kier alpha value is -2.37. The van der Waals surface area contributed by atoms with E-state index < -0.39 is 6.10 Å². The summed E-state index contributed by atoms with van der Waals surface area (Å²) in [5, 5.41) is 11.4. The molecule has 3 rings (SSSR count). The fourth-order valence-corrected chi connectivity index (χ4v) is 2.94. The molecule has 0 bridgehead atoms. The standard InChI is InChI=1S/C18H24N4O2/c1-2-15(24-14-9-5-3-6-10-14)18(23)19-13-17-21-20-16-11-7-4-8-12-22(16)17/h3,5-6,9-10,15H,2,4,7-8,11-13H2,1H3,(H,19,23)/t15-/m0/s1. The minimum absolute atomic E-state index is 0.118. The maximum atomic E-state index is 12.4. The Morgan fingerprint density at radius 1 is 1.25 bits per heavy atom. The van der Waals surface area contributed by atoms with Crippen molar-refractivity contribution in [3.63, 3.8) is 0 Å². The number of carbonyl (C=O) groups is 1. The first-order valence-electron chi connectivity index (χ1n) is 8.68. The minimum atomic E-state index is -0.501. The van der Waals surface area contributed by atoms with Crippen LogP contribution in [-0.2, 0) is 24.3 Å². The summed E-state index contributed by atoms with van der Waals surface area (Å²) < 4.78 is 7.92. The molecule has 128 valence electrons. The van der Waals surface area contributed by atoms with E-state index in [-0.39, 0.29) is 5.91 Å². The number of rotatable bonds is 6. The van der Waals surface area contributed by atoms with Gasteiger partial charge in [-0.2, -0.15) is 0 Å². The number of hydrogen-bond donors (Lipinski definition) is 1. The highest BCUT2D eigenvalue weighted by atomic mass is 16.5. The summed E-state index contributed by atoms with van der Waals surface area (Å²) in [5.74, 6) is 2.45. The van der Waals surface area contributed by atoms with Crippen molar-refractivity contribution in [1.82, 2.24) is 20.1 Å². The lowest BCUT2D eigenvalue weighted by Gasteiger charge is -2.17. The molecule has 1 aromatic heterocycles. The van der Waals surface area contributed by atoms with Crippen molar-refractivity contribution in [2.24, 2.45) is 0 Å². The van der Waals surface area contributed by atoms with Crippen molar-refractivity contribution in [2.45, 2.75) is 58.2 Å². The third-order valence-electron chi connectivity index (χ3n) is 4.29. The van der Waals surface area contributed by atoms with Crippen LogP contribution in [-0.4, -0.2) is 26.8 Å². The van der Waals surface area contributed by atoms with Gasteiger partial charge in [-0.1, -0.05) is 31.5 Å². The molecule has 0 radical (unpaired) electrons. The predicted molar refractivity (Wildman–Crippen MR) is 90.6 cm³/mol. The second-order valence-corrected chi connectivity index (χ2v) is 6.04. The first-order valence-corrected chi connectivity index (χ1v) is 8.68. The molecule has 1 amide bonds. The van der Waals surface area contributed by atoms with Gasteiger partial charge in [-0.15, -0.1) is 10.2 Å². The number of aryl methyl sites for hydroxylation is 1. The summed E-state index contributed by atoms with van der Waals surface area (Å²) in [5.41, 5.74) is 0. The Labute approximate surface area is 142 Å². The first kappa shape index (κ1) is 16.5. The van der Waals surface area contributed by atoms with Crippen LogP contribution in [0, 0.1) is 0 Å². The van der Waals surface area contributed by atoms with Crippen LogP contribution in [0.2, 0.25) is 0 Å². The monoisotopic (exact) mass is 328 g/mol. The number of ether oxygens (including phenoxy) is 1. The number of amides is 1. The second-order valence-electron chi connectivity index (χ2n) is 6.04. The molecule has 0 saturated carbocycles. The molecule has 2 aromatic rings. The van der Waals surface area contributed by atoms with Crippen LogP contribution in [0.15, 0.2) is 30.3 Å². The van der Waals surface area contributed by atoms with Crippen LogP contribution in [0.25, 0.3) is 0 Å². The molecular weight excluding hydrogens is 304 g/mol. The van der Waals surface area contributed by atoms with Gasteiger partial charge in [0.25, 0.3) is 5.91 Å². The number of hydrogen-bond acceptors (Lipinski definition) is 4. The van der Waals surface area contributed by atoms with E-state index in [9.17, 15) is 4.79 Å². The molecule has 6 nitrogen and oxygen atoms in total. The zero-order valence-electron chi connectivity index (χ0n) is 14.1. The Balaban J connectivity index is 1.59. The predicted octanol–water partition coefficient (Wildman–Crippen LogP) is 2.48. The van der Waals surface area contributed by atoms with Crippen LogP contribution >= 0.6 is 0 Å². The molecule has 24 heavy (non-hydrogen) atoms. The lowest BCUT2D eigenvalue weighted by atomic mass is 10.2. The molecular formula is C18H24N4O2. The third kappa shape index (κ3) is 3.93. The number of aromatic nitrogens is 3. The van der Waals surface area contributed by atoms with Crippen molar-refractivity contribution < 1.29 is 9.53 Å². The molecule has 0 unspecified atom stereocenters. The van der Waals surface area contributed by atoms with E-state index in [1.54, 1.807) is 0 Å². The summed E-state index contributed by atoms with van der Waals surface area (Å²) in [4.78, 5) is 12.4. The zero-order valence-corrected chi connectivity index (χ0v) is 14.1. The van der Waals surface area contributed by atoms with Crippen molar-refractivity contribution in [3.8, 4) is 5.75 Å². The molecule has 1 atom stereocenters. The number of para-hydroxylation sites is 1. The Bertz CT molecular complexity index is 669. The number of nitrogens with one attached hydrogen (secondary N) is 1. The minimum Gasteiger partial charge on any atom is -0.481 e. The van der Waals surface area contributed by atoms with E-state index in [1.807, 2.05) is 37.3 Å². The third-order valence-corrected chi connectivity index (χ3v) is 4.29. The molecule has 1 aliphatic rings. The highest BCUT2D eigenvalue weighted by Gasteiger charge is 2.20. The number of benzene rings is 1. The van der Waals surface area contributed by atoms with Gasteiger partial charge in [0, 0.05) is 13.0 Å². The van der Waals surface area contributed by atoms with E-state index >= 15 is 0 Å². The molecule has 1 aromatic carbocycles. The average molecular weight is 328 g/mol. The molecule has 0 fully saturated rings. The number of nitrogens with zero attached hydrogens (tertiary/aromatic N) is 3. The number of carbonyl (C=O) groups excluding carboxylic acids is 1. The zero-order chi connectivity index (χ0) is 16.8. The summed E-state index contributed by atoms with van der Waals surface area (Å²) >= 11 is 0. The second kappa shape index (κ2) is 7.95. The summed E-state index contributed by atoms with van der Waals surface area (Å²) in [6.45, 7) is 3.27. The van der Waals surface area contributed by atoms with Crippen LogP contribution in [0.1, 0.15) is 44.3 Å². The molecule has 6 heteroatoms. The van der Waals surface area contributed by atoms with E-state index in [2.05, 4.69) is 20.1 Å². The smallest absolute Gasteiger partial charge is 0.261 e. The molecule has 1 aliphatic heterocycles. The normalized spacial score (nSPS) is 15.2. The average Bonchev–Trinajstić information content (AvgIpc) is 2.85. The van der Waals surface area contributed by atoms with Gasteiger partial charge in [0.05, 0.1) is 6.54 Å². The van der Waals surface area contributed by atoms with Crippen LogP contribution in [0.4, 0.5) is 0 Å². The highest BCUT2D eigenvalue weighted by molar-refractivity contribution is 5.80. The highest BCUT2D eigenvalue weighted by Crippen LogP contribution is 2.15. The van der Waals surface area contributed by atoms with Gasteiger partial charge in [-0.3, -0.25) is 4.79 Å². The van der Waals surface area contributed by atoms with Crippen molar-refractivity contribution in [1.29, 1.82) is 0 Å². The first-order chi connectivity index (χ1) is 11.8. The lowest BCUT2D eigenvalue weighted by molar-refractivity contribution is -0.128. The van der Waals surface area contributed by atoms with Crippen molar-refractivity contribution in [2.75, 3.05) is 0 Å². The molecule has 1 N–H and O–H groups in total. The van der Waals surface area contributed by atoms with Crippen molar-refractivity contribution >= 4 is 5.91 Å². The molecule has 0 aliphatic carbocycles. The van der Waals surface area contributed by atoms with Crippen LogP contribution < -0.4 is 10.1 Å². The van der Waals surface area contributed by atoms with Gasteiger partial charge in [0.15, 0.2) is 11.9 Å². The SMILES string of the molecule is CC[C@H](Oc1ccccc1)C(=O)NCc1nnc2n1CCCCC2. The van der Waals surface area contributed by atoms with E-state index in [4.69, 9.17) is 4.74 Å². The Kier molecular flexibility index (Phi) is 5.46. The summed E-state index contributed by atoms with van der Waals surface area (Å²) in [6.07, 6.45) is 4.60. The largest absolute Gasteiger partial charge is 0.481 e. The van der Waals surface area contributed by atoms with Crippen molar-refractivity contribution in [3.05, 3.63) is 42.0 Å². The van der Waals surface area contributed by atoms with Gasteiger partial charge < -0.3 is 14.6 Å². The van der Waals surface area contributed by atoms with Gasteiger partial charge in [-0.05, 0) is 31.4 Å². The fourth-order valence-electron chi connectivity index (χ4n) is 2.94. The molecule has 2 heterocycles. The summed E-state index contributed by atoms with van der Waals surface area (Å²) in [6, 6.07) is 9.42. The van der Waals surface area contributed by atoms with Crippen LogP contribution in [0.5, 0.6) is 5.75 Å². The maximum absolute atomic E-state index is 12.4. The lowest BCUT2D eigenvalue weighted by Crippen LogP contribution is -2.38. The molecule has 0 saturated heterocycles. The molecule has 0 spiro atoms. The topological polar surface area (TPSA) is 69.0 Å². The fraction of sp³-hybridized carbons (Fsp3) is 0.500. The van der Waals surface area contributed by atoms with Gasteiger partial charge in [-0.25, -0.2) is 0 Å². The quantitative estimate of drug-likeness (QED) is 0.884. The van der Waals surface area contributed by atoms with E-state index in [1.165, 1.54) is 6.42 Å².